The van der Waals surface area contributed by atoms with Crippen LogP contribution in [0.2, 0.25) is 0 Å². The first-order valence-corrected chi connectivity index (χ1v) is 8.55. The molecule has 2 aliphatic rings. The number of amides is 1. The Morgan fingerprint density at radius 3 is 3.00 bits per heavy atom. The summed E-state index contributed by atoms with van der Waals surface area (Å²) in [5, 5.41) is 3.12. The van der Waals surface area contributed by atoms with Gasteiger partial charge in [-0.3, -0.25) is 4.79 Å². The van der Waals surface area contributed by atoms with Crippen LogP contribution < -0.4 is 11.1 Å². The van der Waals surface area contributed by atoms with Gasteiger partial charge in [0.25, 0.3) is 0 Å². The molecule has 1 aliphatic carbocycles. The summed E-state index contributed by atoms with van der Waals surface area (Å²) in [6.45, 7) is 3.10. The zero-order valence-electron chi connectivity index (χ0n) is 14.1. The second-order valence-electron chi connectivity index (χ2n) is 6.52. The Hall–Kier alpha value is -1.30. The molecule has 3 unspecified atom stereocenters. The van der Waals surface area contributed by atoms with Crippen molar-refractivity contribution in [2.75, 3.05) is 18.9 Å². The fourth-order valence-corrected chi connectivity index (χ4v) is 3.38. The predicted molar refractivity (Wildman–Crippen MR) is 96.3 cm³/mol. The highest BCUT2D eigenvalue weighted by molar-refractivity contribution is 5.85. The Balaban J connectivity index is 0.00000208. The molecule has 1 heterocycles. The lowest BCUT2D eigenvalue weighted by atomic mass is 9.87. The van der Waals surface area contributed by atoms with E-state index in [0.29, 0.717) is 6.61 Å². The van der Waals surface area contributed by atoms with Crippen molar-refractivity contribution < 1.29 is 14.3 Å². The molecule has 0 aromatic heterocycles. The molecule has 134 valence electrons. The van der Waals surface area contributed by atoms with E-state index < -0.39 is 6.10 Å². The summed E-state index contributed by atoms with van der Waals surface area (Å²) in [5.41, 5.74) is 9.07. The number of ether oxygens (including phenoxy) is 2. The van der Waals surface area contributed by atoms with Crippen LogP contribution >= 0.6 is 12.4 Å². The number of aryl methyl sites for hydroxylation is 1. The first-order chi connectivity index (χ1) is 11.1. The number of halogens is 1. The molecule has 3 atom stereocenters. The SMILES string of the molecule is CC(OCC1CCCO1)C(=O)NC1CCCc2cc(N)ccc21.Cl. The zero-order chi connectivity index (χ0) is 16.2. The second kappa shape index (κ2) is 8.70. The van der Waals surface area contributed by atoms with Crippen molar-refractivity contribution in [1.82, 2.24) is 5.32 Å². The number of benzene rings is 1. The van der Waals surface area contributed by atoms with Gasteiger partial charge in [0.1, 0.15) is 6.10 Å². The highest BCUT2D eigenvalue weighted by Gasteiger charge is 2.25. The van der Waals surface area contributed by atoms with E-state index in [0.717, 1.165) is 44.4 Å². The van der Waals surface area contributed by atoms with Gasteiger partial charge in [-0.2, -0.15) is 0 Å². The van der Waals surface area contributed by atoms with Crippen LogP contribution in [0.1, 0.15) is 49.8 Å². The minimum atomic E-state index is -0.460. The zero-order valence-corrected chi connectivity index (χ0v) is 14.9. The van der Waals surface area contributed by atoms with Gasteiger partial charge in [0, 0.05) is 12.3 Å². The molecule has 1 aromatic rings. The van der Waals surface area contributed by atoms with Crippen LogP contribution in [0.4, 0.5) is 5.69 Å². The van der Waals surface area contributed by atoms with Gasteiger partial charge in [-0.15, -0.1) is 12.4 Å². The summed E-state index contributed by atoms with van der Waals surface area (Å²) >= 11 is 0. The van der Waals surface area contributed by atoms with Gasteiger partial charge in [-0.25, -0.2) is 0 Å². The Kier molecular flexibility index (Phi) is 6.90. The maximum atomic E-state index is 12.4. The maximum absolute atomic E-state index is 12.4. The minimum absolute atomic E-state index is 0. The van der Waals surface area contributed by atoms with Crippen molar-refractivity contribution in [2.24, 2.45) is 0 Å². The quantitative estimate of drug-likeness (QED) is 0.797. The summed E-state index contributed by atoms with van der Waals surface area (Å²) in [5.74, 6) is -0.0577. The molecule has 0 saturated carbocycles. The average Bonchev–Trinajstić information content (AvgIpc) is 3.06. The van der Waals surface area contributed by atoms with E-state index in [1.807, 2.05) is 18.2 Å². The number of hydrogen-bond donors (Lipinski definition) is 2. The lowest BCUT2D eigenvalue weighted by Crippen LogP contribution is -2.39. The third kappa shape index (κ3) is 4.62. The van der Waals surface area contributed by atoms with Crippen molar-refractivity contribution in [3.05, 3.63) is 29.3 Å². The third-order valence-corrected chi connectivity index (χ3v) is 4.72. The molecule has 3 N–H and O–H groups in total. The molecule has 0 radical (unpaired) electrons. The van der Waals surface area contributed by atoms with Crippen LogP contribution in [0.15, 0.2) is 18.2 Å². The molecule has 6 heteroatoms. The first kappa shape index (κ1) is 19.0. The van der Waals surface area contributed by atoms with Crippen LogP contribution in [0, 0.1) is 0 Å². The topological polar surface area (TPSA) is 73.6 Å². The minimum Gasteiger partial charge on any atom is -0.399 e. The van der Waals surface area contributed by atoms with Crippen molar-refractivity contribution in [3.63, 3.8) is 0 Å². The number of nitrogens with one attached hydrogen (secondary N) is 1. The number of carbonyl (C=O) groups excluding carboxylic acids is 1. The van der Waals surface area contributed by atoms with Crippen LogP contribution in [0.3, 0.4) is 0 Å². The molecular weight excluding hydrogens is 328 g/mol. The standard InChI is InChI=1S/C18H26N2O3.ClH/c1-12(23-11-15-5-3-9-22-15)18(21)20-17-6-2-4-13-10-14(19)7-8-16(13)17;/h7-8,10,12,15,17H,2-6,9,11,19H2,1H3,(H,20,21);1H. The molecule has 3 rings (SSSR count). The summed E-state index contributed by atoms with van der Waals surface area (Å²) < 4.78 is 11.2. The molecule has 1 fully saturated rings. The molecule has 1 aliphatic heterocycles. The van der Waals surface area contributed by atoms with Crippen LogP contribution in [0.5, 0.6) is 0 Å². The Morgan fingerprint density at radius 1 is 1.42 bits per heavy atom. The van der Waals surface area contributed by atoms with E-state index in [1.165, 1.54) is 11.1 Å². The summed E-state index contributed by atoms with van der Waals surface area (Å²) in [6, 6.07) is 6.01. The summed E-state index contributed by atoms with van der Waals surface area (Å²) in [7, 11) is 0. The number of nitrogens with two attached hydrogens (primary N) is 1. The van der Waals surface area contributed by atoms with E-state index in [-0.39, 0.29) is 30.5 Å². The van der Waals surface area contributed by atoms with E-state index >= 15 is 0 Å². The van der Waals surface area contributed by atoms with Crippen molar-refractivity contribution >= 4 is 24.0 Å². The molecular formula is C18H27ClN2O3. The van der Waals surface area contributed by atoms with Gasteiger partial charge >= 0.3 is 0 Å². The van der Waals surface area contributed by atoms with Gasteiger partial charge in [-0.05, 0) is 62.3 Å². The molecule has 24 heavy (non-hydrogen) atoms. The molecule has 5 nitrogen and oxygen atoms in total. The Morgan fingerprint density at radius 2 is 2.25 bits per heavy atom. The lowest BCUT2D eigenvalue weighted by molar-refractivity contribution is -0.134. The number of nitrogen functional groups attached to an aromatic ring is 1. The van der Waals surface area contributed by atoms with E-state index in [4.69, 9.17) is 15.2 Å². The predicted octanol–water partition coefficient (Wildman–Crippen LogP) is 2.77. The number of hydrogen-bond acceptors (Lipinski definition) is 4. The molecule has 1 saturated heterocycles. The maximum Gasteiger partial charge on any atom is 0.249 e. The largest absolute Gasteiger partial charge is 0.399 e. The third-order valence-electron chi connectivity index (χ3n) is 4.72. The van der Waals surface area contributed by atoms with Crippen LogP contribution in [0.25, 0.3) is 0 Å². The van der Waals surface area contributed by atoms with Gasteiger partial charge < -0.3 is 20.5 Å². The number of carbonyl (C=O) groups is 1. The number of fused-ring (bicyclic) bond motifs is 1. The lowest BCUT2D eigenvalue weighted by Gasteiger charge is -2.28. The summed E-state index contributed by atoms with van der Waals surface area (Å²) in [6.07, 6.45) is 4.83. The molecule has 0 bridgehead atoms. The normalized spacial score (nSPS) is 23.9. The number of anilines is 1. The van der Waals surface area contributed by atoms with E-state index in [1.54, 1.807) is 6.92 Å². The van der Waals surface area contributed by atoms with E-state index in [9.17, 15) is 4.79 Å². The van der Waals surface area contributed by atoms with Crippen LogP contribution in [-0.4, -0.2) is 31.3 Å². The van der Waals surface area contributed by atoms with Crippen molar-refractivity contribution in [3.8, 4) is 0 Å². The average molecular weight is 355 g/mol. The monoisotopic (exact) mass is 354 g/mol. The van der Waals surface area contributed by atoms with Gasteiger partial charge in [0.15, 0.2) is 0 Å². The fourth-order valence-electron chi connectivity index (χ4n) is 3.38. The van der Waals surface area contributed by atoms with Gasteiger partial charge in [0.2, 0.25) is 5.91 Å². The number of rotatable bonds is 5. The smallest absolute Gasteiger partial charge is 0.249 e. The molecule has 1 aromatic carbocycles. The fraction of sp³-hybridized carbons (Fsp3) is 0.611. The van der Waals surface area contributed by atoms with Gasteiger partial charge in [0.05, 0.1) is 18.8 Å². The summed E-state index contributed by atoms with van der Waals surface area (Å²) in [4.78, 5) is 12.4. The van der Waals surface area contributed by atoms with E-state index in [2.05, 4.69) is 5.32 Å². The second-order valence-corrected chi connectivity index (χ2v) is 6.52. The van der Waals surface area contributed by atoms with Crippen molar-refractivity contribution in [2.45, 2.75) is 57.3 Å². The highest BCUT2D eigenvalue weighted by atomic mass is 35.5. The molecule has 0 spiro atoms. The molecule has 1 amide bonds. The Labute approximate surface area is 149 Å². The van der Waals surface area contributed by atoms with Gasteiger partial charge in [-0.1, -0.05) is 6.07 Å². The Bertz CT molecular complexity index is 561. The highest BCUT2D eigenvalue weighted by Crippen LogP contribution is 2.31. The first-order valence-electron chi connectivity index (χ1n) is 8.55. The van der Waals surface area contributed by atoms with Crippen molar-refractivity contribution in [1.29, 1.82) is 0 Å². The van der Waals surface area contributed by atoms with Crippen LogP contribution in [-0.2, 0) is 20.7 Å².